The molecule has 1 aromatic carbocycles. The molecular weight excluding hydrogens is 282 g/mol. The number of methoxy groups -OCH3 is 1. The Morgan fingerprint density at radius 2 is 1.64 bits per heavy atom. The molecule has 1 aliphatic carbocycles. The number of rotatable bonds is 4. The van der Waals surface area contributed by atoms with E-state index < -0.39 is 17.8 Å². The van der Waals surface area contributed by atoms with Crippen LogP contribution in [0.15, 0.2) is 35.4 Å². The third-order valence-corrected chi connectivity index (χ3v) is 4.28. The van der Waals surface area contributed by atoms with Gasteiger partial charge < -0.3 is 15.2 Å². The van der Waals surface area contributed by atoms with Crippen molar-refractivity contribution in [3.05, 3.63) is 35.4 Å². The molecule has 5 nitrogen and oxygen atoms in total. The van der Waals surface area contributed by atoms with E-state index >= 15 is 0 Å². The summed E-state index contributed by atoms with van der Waals surface area (Å²) in [5.74, 6) is -1.66. The summed E-state index contributed by atoms with van der Waals surface area (Å²) in [5, 5.41) is 12.2. The number of benzene rings is 1. The smallest absolute Gasteiger partial charge is 0.307 e. The third-order valence-electron chi connectivity index (χ3n) is 4.28. The highest BCUT2D eigenvalue weighted by molar-refractivity contribution is 5.95. The third kappa shape index (κ3) is 3.47. The number of carbonyl (C=O) groups excluding carboxylic acids is 1. The van der Waals surface area contributed by atoms with E-state index in [1.54, 1.807) is 31.4 Å². The molecule has 1 aromatic rings. The summed E-state index contributed by atoms with van der Waals surface area (Å²) >= 11 is 0. The van der Waals surface area contributed by atoms with Gasteiger partial charge in [-0.3, -0.25) is 9.59 Å². The van der Waals surface area contributed by atoms with Crippen molar-refractivity contribution >= 4 is 17.6 Å². The van der Waals surface area contributed by atoms with E-state index in [1.165, 1.54) is 0 Å². The molecule has 0 saturated heterocycles. The molecule has 118 valence electrons. The molecule has 0 saturated carbocycles. The lowest BCUT2D eigenvalue weighted by Gasteiger charge is -2.29. The van der Waals surface area contributed by atoms with Crippen molar-refractivity contribution in [3.8, 4) is 5.75 Å². The Morgan fingerprint density at radius 1 is 1.09 bits per heavy atom. The van der Waals surface area contributed by atoms with Gasteiger partial charge in [-0.1, -0.05) is 11.1 Å². The number of ether oxygens (including phenoxy) is 1. The van der Waals surface area contributed by atoms with Crippen LogP contribution in [0.5, 0.6) is 5.75 Å². The van der Waals surface area contributed by atoms with Gasteiger partial charge in [0.05, 0.1) is 18.9 Å². The molecule has 2 N–H and O–H groups in total. The summed E-state index contributed by atoms with van der Waals surface area (Å²) in [7, 11) is 1.57. The van der Waals surface area contributed by atoms with Gasteiger partial charge in [0.2, 0.25) is 5.91 Å². The second kappa shape index (κ2) is 6.64. The number of hydrogen-bond donors (Lipinski definition) is 2. The molecule has 0 aliphatic heterocycles. The van der Waals surface area contributed by atoms with Crippen LogP contribution in [0.2, 0.25) is 0 Å². The number of carboxylic acids is 1. The first-order valence-corrected chi connectivity index (χ1v) is 7.25. The summed E-state index contributed by atoms with van der Waals surface area (Å²) in [6.45, 7) is 3.89. The summed E-state index contributed by atoms with van der Waals surface area (Å²) in [5.41, 5.74) is 2.81. The fourth-order valence-electron chi connectivity index (χ4n) is 2.74. The van der Waals surface area contributed by atoms with E-state index in [1.807, 2.05) is 13.8 Å². The minimum absolute atomic E-state index is 0.246. The summed E-state index contributed by atoms with van der Waals surface area (Å²) in [6.07, 6.45) is 0.923. The van der Waals surface area contributed by atoms with Crippen molar-refractivity contribution in [1.82, 2.24) is 0 Å². The van der Waals surface area contributed by atoms with Crippen LogP contribution >= 0.6 is 0 Å². The average Bonchev–Trinajstić information content (AvgIpc) is 2.50. The molecule has 0 radical (unpaired) electrons. The number of amides is 1. The first kappa shape index (κ1) is 16.1. The maximum absolute atomic E-state index is 12.5. The normalized spacial score (nSPS) is 21.4. The van der Waals surface area contributed by atoms with Crippen LogP contribution < -0.4 is 10.1 Å². The van der Waals surface area contributed by atoms with Crippen molar-refractivity contribution in [1.29, 1.82) is 0 Å². The van der Waals surface area contributed by atoms with Crippen molar-refractivity contribution in [2.24, 2.45) is 11.8 Å². The predicted molar refractivity (Wildman–Crippen MR) is 83.8 cm³/mol. The Bertz CT molecular complexity index is 604. The van der Waals surface area contributed by atoms with E-state index in [4.69, 9.17) is 4.74 Å². The second-order valence-electron chi connectivity index (χ2n) is 5.74. The van der Waals surface area contributed by atoms with Crippen LogP contribution in [0.3, 0.4) is 0 Å². The lowest BCUT2D eigenvalue weighted by atomic mass is 9.76. The van der Waals surface area contributed by atoms with Crippen molar-refractivity contribution in [3.63, 3.8) is 0 Å². The van der Waals surface area contributed by atoms with Gasteiger partial charge in [0, 0.05) is 5.69 Å². The van der Waals surface area contributed by atoms with Gasteiger partial charge >= 0.3 is 5.97 Å². The fourth-order valence-corrected chi connectivity index (χ4v) is 2.74. The molecule has 1 aliphatic rings. The van der Waals surface area contributed by atoms with E-state index in [2.05, 4.69) is 5.32 Å². The fraction of sp³-hybridized carbons (Fsp3) is 0.412. The summed E-state index contributed by atoms with van der Waals surface area (Å²) in [6, 6.07) is 6.98. The molecule has 22 heavy (non-hydrogen) atoms. The largest absolute Gasteiger partial charge is 0.497 e. The van der Waals surface area contributed by atoms with Crippen molar-refractivity contribution < 1.29 is 19.4 Å². The van der Waals surface area contributed by atoms with Gasteiger partial charge in [-0.15, -0.1) is 0 Å². The number of nitrogens with one attached hydrogen (secondary N) is 1. The zero-order valence-electron chi connectivity index (χ0n) is 13.1. The molecule has 0 bridgehead atoms. The van der Waals surface area contributed by atoms with Gasteiger partial charge in [0.25, 0.3) is 0 Å². The molecule has 0 fully saturated rings. The van der Waals surface area contributed by atoms with Crippen LogP contribution in [0.4, 0.5) is 5.69 Å². The molecule has 0 aromatic heterocycles. The minimum Gasteiger partial charge on any atom is -0.497 e. The number of anilines is 1. The van der Waals surface area contributed by atoms with Crippen LogP contribution in [-0.4, -0.2) is 24.1 Å². The highest BCUT2D eigenvalue weighted by Crippen LogP contribution is 2.35. The second-order valence-corrected chi connectivity index (χ2v) is 5.74. The quantitative estimate of drug-likeness (QED) is 0.838. The Kier molecular flexibility index (Phi) is 4.85. The minimum atomic E-state index is -0.915. The lowest BCUT2D eigenvalue weighted by Crippen LogP contribution is -2.36. The van der Waals surface area contributed by atoms with Crippen LogP contribution in [0.25, 0.3) is 0 Å². The zero-order valence-corrected chi connectivity index (χ0v) is 13.1. The Labute approximate surface area is 130 Å². The first-order chi connectivity index (χ1) is 10.4. The van der Waals surface area contributed by atoms with E-state index in [0.717, 1.165) is 11.1 Å². The summed E-state index contributed by atoms with van der Waals surface area (Å²) in [4.78, 5) is 23.9. The monoisotopic (exact) mass is 303 g/mol. The zero-order chi connectivity index (χ0) is 16.3. The van der Waals surface area contributed by atoms with E-state index in [0.29, 0.717) is 24.3 Å². The number of carboxylic acid groups (broad SMARTS) is 1. The molecule has 0 unspecified atom stereocenters. The van der Waals surface area contributed by atoms with E-state index in [9.17, 15) is 14.7 Å². The highest BCUT2D eigenvalue weighted by atomic mass is 16.5. The van der Waals surface area contributed by atoms with Gasteiger partial charge in [0.1, 0.15) is 5.75 Å². The average molecular weight is 303 g/mol. The molecule has 0 spiro atoms. The first-order valence-electron chi connectivity index (χ1n) is 7.25. The van der Waals surface area contributed by atoms with Crippen LogP contribution in [0.1, 0.15) is 26.7 Å². The number of carbonyl (C=O) groups is 2. The van der Waals surface area contributed by atoms with Gasteiger partial charge in [-0.2, -0.15) is 0 Å². The molecule has 2 atom stereocenters. The van der Waals surface area contributed by atoms with Crippen molar-refractivity contribution in [2.75, 3.05) is 12.4 Å². The maximum Gasteiger partial charge on any atom is 0.307 e. The molecule has 5 heteroatoms. The molecule has 0 heterocycles. The summed E-state index contributed by atoms with van der Waals surface area (Å²) < 4.78 is 5.07. The highest BCUT2D eigenvalue weighted by Gasteiger charge is 2.37. The maximum atomic E-state index is 12.5. The topological polar surface area (TPSA) is 75.6 Å². The number of hydrogen-bond acceptors (Lipinski definition) is 3. The van der Waals surface area contributed by atoms with Crippen LogP contribution in [-0.2, 0) is 9.59 Å². The predicted octanol–water partition coefficient (Wildman–Crippen LogP) is 3.08. The standard InChI is InChI=1S/C17H21NO4/c1-10-8-14(15(17(20)21)9-11(10)2)16(19)18-12-4-6-13(22-3)7-5-12/h4-7,14-15H,8-9H2,1-3H3,(H,18,19)(H,20,21)/t14-,15+/m0/s1. The van der Waals surface area contributed by atoms with Gasteiger partial charge in [0.15, 0.2) is 0 Å². The lowest BCUT2D eigenvalue weighted by molar-refractivity contribution is -0.146. The number of allylic oxidation sites excluding steroid dienone is 2. The Balaban J connectivity index is 2.14. The molecule has 2 rings (SSSR count). The molecule has 1 amide bonds. The van der Waals surface area contributed by atoms with E-state index in [-0.39, 0.29) is 5.91 Å². The van der Waals surface area contributed by atoms with Gasteiger partial charge in [-0.05, 0) is 51.0 Å². The van der Waals surface area contributed by atoms with Gasteiger partial charge in [-0.25, -0.2) is 0 Å². The Hall–Kier alpha value is -2.30. The Morgan fingerprint density at radius 3 is 2.14 bits per heavy atom. The molecular formula is C17H21NO4. The SMILES string of the molecule is COc1ccc(NC(=O)[C@H]2CC(C)=C(C)C[C@H]2C(=O)O)cc1. The van der Waals surface area contributed by atoms with Crippen molar-refractivity contribution in [2.45, 2.75) is 26.7 Å². The van der Waals surface area contributed by atoms with Crippen LogP contribution in [0, 0.1) is 11.8 Å². The number of aliphatic carboxylic acids is 1.